The fourth-order valence-corrected chi connectivity index (χ4v) is 2.78. The Balaban J connectivity index is 2.35. The third-order valence-electron chi connectivity index (χ3n) is 3.83. The zero-order chi connectivity index (χ0) is 13.3. The third kappa shape index (κ3) is 2.44. The van der Waals surface area contributed by atoms with Gasteiger partial charge in [0.2, 0.25) is 0 Å². The Morgan fingerprint density at radius 1 is 1.39 bits per heavy atom. The zero-order valence-electron chi connectivity index (χ0n) is 9.93. The summed E-state index contributed by atoms with van der Waals surface area (Å²) in [5, 5.41) is 9.56. The number of hydrogen-bond acceptors (Lipinski definition) is 2. The van der Waals surface area contributed by atoms with Crippen molar-refractivity contribution < 1.29 is 13.9 Å². The lowest BCUT2D eigenvalue weighted by Gasteiger charge is -2.31. The molecule has 1 aromatic carbocycles. The second-order valence-corrected chi connectivity index (χ2v) is 5.85. The molecule has 1 aliphatic carbocycles. The van der Waals surface area contributed by atoms with Crippen molar-refractivity contribution in [1.82, 2.24) is 0 Å². The number of nitrogens with two attached hydrogens (primary N) is 1. The lowest BCUT2D eigenvalue weighted by atomic mass is 9.77. The highest BCUT2D eigenvalue weighted by Crippen LogP contribution is 2.47. The molecule has 1 aromatic rings. The molecule has 1 unspecified atom stereocenters. The molecule has 18 heavy (non-hydrogen) atoms. The number of benzene rings is 1. The van der Waals surface area contributed by atoms with Gasteiger partial charge in [-0.15, -0.1) is 0 Å². The van der Waals surface area contributed by atoms with Crippen molar-refractivity contribution in [1.29, 1.82) is 0 Å². The van der Waals surface area contributed by atoms with Crippen LogP contribution in [0.3, 0.4) is 0 Å². The van der Waals surface area contributed by atoms with Crippen molar-refractivity contribution in [2.75, 3.05) is 13.2 Å². The molecular weight excluding hydrogens is 304 g/mol. The average Bonchev–Trinajstić information content (AvgIpc) is 3.20. The number of rotatable bonds is 5. The summed E-state index contributed by atoms with van der Waals surface area (Å²) >= 11 is 3.05. The minimum Gasteiger partial charge on any atom is -0.396 e. The van der Waals surface area contributed by atoms with Gasteiger partial charge in [0.15, 0.2) is 0 Å². The van der Waals surface area contributed by atoms with Gasteiger partial charge >= 0.3 is 0 Å². The smallest absolute Gasteiger partial charge is 0.143 e. The van der Waals surface area contributed by atoms with E-state index in [1.807, 2.05) is 0 Å². The van der Waals surface area contributed by atoms with Gasteiger partial charge in [-0.3, -0.25) is 0 Å². The Morgan fingerprint density at radius 3 is 2.56 bits per heavy atom. The van der Waals surface area contributed by atoms with Crippen LogP contribution < -0.4 is 5.73 Å². The van der Waals surface area contributed by atoms with Gasteiger partial charge in [0.25, 0.3) is 0 Å². The quantitative estimate of drug-likeness (QED) is 0.819. The van der Waals surface area contributed by atoms with Gasteiger partial charge in [-0.25, -0.2) is 8.78 Å². The first-order chi connectivity index (χ1) is 8.54. The molecule has 1 fully saturated rings. The third-order valence-corrected chi connectivity index (χ3v) is 4.44. The fourth-order valence-electron chi connectivity index (χ4n) is 2.41. The van der Waals surface area contributed by atoms with E-state index in [1.165, 1.54) is 12.1 Å². The lowest BCUT2D eigenvalue weighted by molar-refractivity contribution is 0.107. The summed E-state index contributed by atoms with van der Waals surface area (Å²) in [4.78, 5) is 0. The largest absolute Gasteiger partial charge is 0.396 e. The molecule has 1 atom stereocenters. The molecule has 1 saturated carbocycles. The molecule has 2 nitrogen and oxygen atoms in total. The van der Waals surface area contributed by atoms with Crippen molar-refractivity contribution in [3.63, 3.8) is 0 Å². The maximum atomic E-state index is 13.9. The monoisotopic (exact) mass is 319 g/mol. The van der Waals surface area contributed by atoms with Crippen LogP contribution in [-0.2, 0) is 6.42 Å². The van der Waals surface area contributed by atoms with E-state index >= 15 is 0 Å². The first-order valence-electron chi connectivity index (χ1n) is 5.97. The highest BCUT2D eigenvalue weighted by molar-refractivity contribution is 9.10. The van der Waals surface area contributed by atoms with Crippen molar-refractivity contribution in [2.24, 2.45) is 17.1 Å². The molecule has 3 N–H and O–H groups in total. The first-order valence-corrected chi connectivity index (χ1v) is 6.76. The SMILES string of the molecule is NCC(CO)(Cc1c(F)ccc(Br)c1F)C1CC1. The molecule has 0 aliphatic heterocycles. The lowest BCUT2D eigenvalue weighted by Crippen LogP contribution is -2.39. The Hall–Kier alpha value is -0.520. The van der Waals surface area contributed by atoms with Crippen molar-refractivity contribution in [3.8, 4) is 0 Å². The van der Waals surface area contributed by atoms with Gasteiger partial charge in [0.1, 0.15) is 11.6 Å². The van der Waals surface area contributed by atoms with Crippen LogP contribution >= 0.6 is 15.9 Å². The van der Waals surface area contributed by atoms with E-state index in [0.29, 0.717) is 0 Å². The number of hydrogen-bond donors (Lipinski definition) is 2. The van der Waals surface area contributed by atoms with E-state index < -0.39 is 17.0 Å². The molecule has 0 aromatic heterocycles. The first kappa shape index (κ1) is 13.9. The minimum atomic E-state index is -0.595. The standard InChI is InChI=1S/C13H16BrF2NO/c14-10-3-4-11(15)9(12(10)16)5-13(6-17,7-18)8-1-2-8/h3-4,8,18H,1-2,5-7,17H2. The van der Waals surface area contributed by atoms with Crippen molar-refractivity contribution in [3.05, 3.63) is 33.8 Å². The van der Waals surface area contributed by atoms with Crippen molar-refractivity contribution in [2.45, 2.75) is 19.3 Å². The van der Waals surface area contributed by atoms with Crippen LogP contribution in [0.15, 0.2) is 16.6 Å². The maximum Gasteiger partial charge on any atom is 0.143 e. The molecule has 0 saturated heterocycles. The molecule has 100 valence electrons. The number of halogens is 3. The van der Waals surface area contributed by atoms with E-state index in [0.717, 1.165) is 12.8 Å². The summed E-state index contributed by atoms with van der Waals surface area (Å²) in [6, 6.07) is 2.57. The van der Waals surface area contributed by atoms with Gasteiger partial charge in [-0.05, 0) is 53.2 Å². The summed E-state index contributed by atoms with van der Waals surface area (Å²) in [6.45, 7) is 0.0963. The van der Waals surface area contributed by atoms with Gasteiger partial charge < -0.3 is 10.8 Å². The van der Waals surface area contributed by atoms with Gasteiger partial charge in [0, 0.05) is 17.5 Å². The molecule has 0 radical (unpaired) electrons. The van der Waals surface area contributed by atoms with Gasteiger partial charge in [-0.1, -0.05) is 0 Å². The Labute approximate surface area is 113 Å². The fraction of sp³-hybridized carbons (Fsp3) is 0.538. The van der Waals surface area contributed by atoms with Crippen LogP contribution in [0, 0.1) is 23.0 Å². The molecule has 0 amide bonds. The van der Waals surface area contributed by atoms with Crippen molar-refractivity contribution >= 4 is 15.9 Å². The summed E-state index contributed by atoms with van der Waals surface area (Å²) in [6.07, 6.45) is 2.08. The van der Waals surface area contributed by atoms with Crippen LogP contribution in [0.2, 0.25) is 0 Å². The molecular formula is C13H16BrF2NO. The second-order valence-electron chi connectivity index (χ2n) is 5.00. The predicted molar refractivity (Wildman–Crippen MR) is 69.1 cm³/mol. The minimum absolute atomic E-state index is 0.00998. The van der Waals surface area contributed by atoms with Gasteiger partial charge in [-0.2, -0.15) is 0 Å². The van der Waals surface area contributed by atoms with Crippen LogP contribution in [0.1, 0.15) is 18.4 Å². The summed E-state index contributed by atoms with van der Waals surface area (Å²) in [5.41, 5.74) is 5.14. The highest BCUT2D eigenvalue weighted by Gasteiger charge is 2.44. The summed E-state index contributed by atoms with van der Waals surface area (Å²) < 4.78 is 27.9. The van der Waals surface area contributed by atoms with Crippen LogP contribution in [0.4, 0.5) is 8.78 Å². The Bertz CT molecular complexity index is 445. The summed E-state index contributed by atoms with van der Waals surface area (Å²) in [5.74, 6) is -0.908. The maximum absolute atomic E-state index is 13.9. The molecule has 0 heterocycles. The normalized spacial score (nSPS) is 18.7. The van der Waals surface area contributed by atoms with E-state index in [9.17, 15) is 13.9 Å². The molecule has 2 rings (SSSR count). The molecule has 5 heteroatoms. The van der Waals surface area contributed by atoms with E-state index in [1.54, 1.807) is 0 Å². The van der Waals surface area contributed by atoms with Crippen LogP contribution in [0.5, 0.6) is 0 Å². The van der Waals surface area contributed by atoms with Gasteiger partial charge in [0.05, 0.1) is 11.1 Å². The zero-order valence-corrected chi connectivity index (χ0v) is 11.5. The Morgan fingerprint density at radius 2 is 2.06 bits per heavy atom. The predicted octanol–water partition coefficient (Wildman–Crippen LogP) is 2.62. The number of aliphatic hydroxyl groups is 1. The van der Waals surface area contributed by atoms with Crippen LogP contribution in [-0.4, -0.2) is 18.3 Å². The second kappa shape index (κ2) is 5.23. The summed E-state index contributed by atoms with van der Waals surface area (Å²) in [7, 11) is 0. The average molecular weight is 320 g/mol. The highest BCUT2D eigenvalue weighted by atomic mass is 79.9. The molecule has 0 bridgehead atoms. The topological polar surface area (TPSA) is 46.2 Å². The van der Waals surface area contributed by atoms with E-state index in [-0.39, 0.29) is 35.5 Å². The molecule has 1 aliphatic rings. The number of aliphatic hydroxyl groups excluding tert-OH is 1. The van der Waals surface area contributed by atoms with E-state index in [4.69, 9.17) is 5.73 Å². The molecule has 0 spiro atoms. The Kier molecular flexibility index (Phi) is 4.04. The van der Waals surface area contributed by atoms with E-state index in [2.05, 4.69) is 15.9 Å². The van der Waals surface area contributed by atoms with Crippen LogP contribution in [0.25, 0.3) is 0 Å².